The van der Waals surface area contributed by atoms with E-state index in [1.807, 2.05) is 0 Å². The number of methoxy groups -OCH3 is 2. The van der Waals surface area contributed by atoms with E-state index in [2.05, 4.69) is 4.98 Å². The van der Waals surface area contributed by atoms with Gasteiger partial charge in [-0.15, -0.1) is 0 Å². The first-order chi connectivity index (χ1) is 9.08. The average molecular weight is 262 g/mol. The molecule has 0 radical (unpaired) electrons. The van der Waals surface area contributed by atoms with Gasteiger partial charge in [-0.3, -0.25) is 4.57 Å². The summed E-state index contributed by atoms with van der Waals surface area (Å²) in [5, 5.41) is 9.21. The third-order valence-corrected chi connectivity index (χ3v) is 2.80. The second-order valence-corrected chi connectivity index (χ2v) is 3.89. The minimum atomic E-state index is -1.02. The van der Waals surface area contributed by atoms with Crippen LogP contribution in [0.25, 0.3) is 5.69 Å². The van der Waals surface area contributed by atoms with E-state index in [0.29, 0.717) is 22.9 Å². The number of carbonyl (C=O) groups is 1. The molecule has 1 aromatic carbocycles. The van der Waals surface area contributed by atoms with Gasteiger partial charge in [-0.05, 0) is 19.1 Å². The van der Waals surface area contributed by atoms with E-state index in [-0.39, 0.29) is 5.69 Å². The summed E-state index contributed by atoms with van der Waals surface area (Å²) in [6.45, 7) is 1.65. The molecule has 0 aliphatic rings. The Labute approximate surface area is 110 Å². The monoisotopic (exact) mass is 262 g/mol. The lowest BCUT2D eigenvalue weighted by Crippen LogP contribution is -2.07. The number of nitrogens with zero attached hydrogens (tertiary/aromatic N) is 2. The van der Waals surface area contributed by atoms with Crippen molar-refractivity contribution in [2.75, 3.05) is 14.2 Å². The Kier molecular flexibility index (Phi) is 3.41. The van der Waals surface area contributed by atoms with Crippen molar-refractivity contribution in [1.29, 1.82) is 0 Å². The molecule has 0 fully saturated rings. The number of benzene rings is 1. The number of aromatic nitrogens is 2. The number of hydrogen-bond acceptors (Lipinski definition) is 4. The van der Waals surface area contributed by atoms with Crippen molar-refractivity contribution in [3.63, 3.8) is 0 Å². The van der Waals surface area contributed by atoms with Crippen molar-refractivity contribution >= 4 is 5.97 Å². The van der Waals surface area contributed by atoms with Crippen molar-refractivity contribution < 1.29 is 19.4 Å². The largest absolute Gasteiger partial charge is 0.493 e. The van der Waals surface area contributed by atoms with Crippen LogP contribution >= 0.6 is 0 Å². The summed E-state index contributed by atoms with van der Waals surface area (Å²) in [5.41, 5.74) is 1.24. The molecular formula is C13H14N2O4. The summed E-state index contributed by atoms with van der Waals surface area (Å²) in [6, 6.07) is 5.16. The molecule has 0 amide bonds. The van der Waals surface area contributed by atoms with Gasteiger partial charge in [0, 0.05) is 6.07 Å². The molecule has 2 rings (SSSR count). The van der Waals surface area contributed by atoms with Crippen molar-refractivity contribution in [3.8, 4) is 17.2 Å². The van der Waals surface area contributed by atoms with E-state index in [4.69, 9.17) is 9.47 Å². The lowest BCUT2D eigenvalue weighted by atomic mass is 10.2. The second kappa shape index (κ2) is 5.01. The molecular weight excluding hydrogens is 248 g/mol. The summed E-state index contributed by atoms with van der Waals surface area (Å²) in [7, 11) is 3.07. The number of hydrogen-bond donors (Lipinski definition) is 1. The molecule has 0 unspecified atom stereocenters. The fourth-order valence-corrected chi connectivity index (χ4v) is 1.87. The molecule has 6 nitrogen and oxygen atoms in total. The zero-order valence-electron chi connectivity index (χ0n) is 10.9. The van der Waals surface area contributed by atoms with E-state index >= 15 is 0 Å². The topological polar surface area (TPSA) is 73.6 Å². The van der Waals surface area contributed by atoms with Crippen LogP contribution < -0.4 is 9.47 Å². The maximum Gasteiger partial charge on any atom is 0.354 e. The first kappa shape index (κ1) is 12.9. The van der Waals surface area contributed by atoms with E-state index in [1.54, 1.807) is 32.2 Å². The fourth-order valence-electron chi connectivity index (χ4n) is 1.87. The highest BCUT2D eigenvalue weighted by Crippen LogP contribution is 2.29. The zero-order valence-corrected chi connectivity index (χ0v) is 10.9. The lowest BCUT2D eigenvalue weighted by molar-refractivity contribution is 0.0687. The number of imidazole rings is 1. The number of aromatic carboxylic acids is 1. The Morgan fingerprint density at radius 1 is 1.26 bits per heavy atom. The summed E-state index contributed by atoms with van der Waals surface area (Å²) >= 11 is 0. The van der Waals surface area contributed by atoms with Crippen LogP contribution in [0.2, 0.25) is 0 Å². The summed E-state index contributed by atoms with van der Waals surface area (Å²) in [6.07, 6.45) is 1.47. The molecule has 0 bridgehead atoms. The van der Waals surface area contributed by atoms with Crippen LogP contribution in [-0.2, 0) is 0 Å². The van der Waals surface area contributed by atoms with Gasteiger partial charge in [-0.2, -0.15) is 0 Å². The molecule has 6 heteroatoms. The van der Waals surface area contributed by atoms with E-state index in [0.717, 1.165) is 0 Å². The first-order valence-electron chi connectivity index (χ1n) is 5.58. The van der Waals surface area contributed by atoms with Crippen LogP contribution in [-0.4, -0.2) is 34.8 Å². The maximum atomic E-state index is 11.2. The van der Waals surface area contributed by atoms with Crippen molar-refractivity contribution in [2.24, 2.45) is 0 Å². The Bertz CT molecular complexity index is 619. The predicted molar refractivity (Wildman–Crippen MR) is 68.4 cm³/mol. The summed E-state index contributed by atoms with van der Waals surface area (Å²) < 4.78 is 11.8. The highest BCUT2D eigenvalue weighted by atomic mass is 16.5. The molecule has 0 saturated heterocycles. The minimum absolute atomic E-state index is 0.132. The molecule has 2 aromatic rings. The number of carboxylic acid groups (broad SMARTS) is 1. The second-order valence-electron chi connectivity index (χ2n) is 3.89. The molecule has 19 heavy (non-hydrogen) atoms. The van der Waals surface area contributed by atoms with Gasteiger partial charge in [0.2, 0.25) is 0 Å². The minimum Gasteiger partial charge on any atom is -0.493 e. The Morgan fingerprint density at radius 3 is 2.53 bits per heavy atom. The number of rotatable bonds is 4. The van der Waals surface area contributed by atoms with Crippen LogP contribution in [0, 0.1) is 6.92 Å². The molecule has 0 atom stereocenters. The smallest absolute Gasteiger partial charge is 0.354 e. The van der Waals surface area contributed by atoms with Crippen molar-refractivity contribution in [1.82, 2.24) is 9.55 Å². The molecule has 1 heterocycles. The third kappa shape index (κ3) is 2.24. The summed E-state index contributed by atoms with van der Waals surface area (Å²) in [4.78, 5) is 15.3. The van der Waals surface area contributed by atoms with Gasteiger partial charge in [-0.25, -0.2) is 9.78 Å². The van der Waals surface area contributed by atoms with Crippen molar-refractivity contribution in [2.45, 2.75) is 6.92 Å². The van der Waals surface area contributed by atoms with Crippen LogP contribution in [0.5, 0.6) is 11.5 Å². The maximum absolute atomic E-state index is 11.2. The Balaban J connectivity index is 2.57. The zero-order chi connectivity index (χ0) is 14.0. The van der Waals surface area contributed by atoms with Gasteiger partial charge in [0.05, 0.1) is 25.6 Å². The Morgan fingerprint density at radius 2 is 1.95 bits per heavy atom. The van der Waals surface area contributed by atoms with Crippen LogP contribution in [0.4, 0.5) is 0 Å². The average Bonchev–Trinajstić information content (AvgIpc) is 2.79. The normalized spacial score (nSPS) is 10.3. The fraction of sp³-hybridized carbons (Fsp3) is 0.231. The van der Waals surface area contributed by atoms with E-state index in [9.17, 15) is 9.90 Å². The highest BCUT2D eigenvalue weighted by Gasteiger charge is 2.17. The van der Waals surface area contributed by atoms with E-state index in [1.165, 1.54) is 18.0 Å². The molecule has 0 saturated carbocycles. The van der Waals surface area contributed by atoms with Gasteiger partial charge < -0.3 is 14.6 Å². The quantitative estimate of drug-likeness (QED) is 0.910. The first-order valence-corrected chi connectivity index (χ1v) is 5.58. The highest BCUT2D eigenvalue weighted by molar-refractivity contribution is 5.87. The van der Waals surface area contributed by atoms with Gasteiger partial charge in [0.15, 0.2) is 17.2 Å². The molecule has 0 aliphatic carbocycles. The van der Waals surface area contributed by atoms with Gasteiger partial charge >= 0.3 is 5.97 Å². The standard InChI is InChI=1S/C13H14N2O4/c1-8-12(13(16)17)15(7-14-8)9-4-5-10(18-2)11(6-9)19-3/h4-7H,1-3H3,(H,16,17). The Hall–Kier alpha value is -2.50. The van der Waals surface area contributed by atoms with Gasteiger partial charge in [0.1, 0.15) is 6.33 Å². The SMILES string of the molecule is COc1ccc(-n2cnc(C)c2C(=O)O)cc1OC. The number of aryl methyl sites for hydroxylation is 1. The van der Waals surface area contributed by atoms with Crippen LogP contribution in [0.3, 0.4) is 0 Å². The van der Waals surface area contributed by atoms with Crippen molar-refractivity contribution in [3.05, 3.63) is 35.9 Å². The molecule has 0 aliphatic heterocycles. The molecule has 1 aromatic heterocycles. The predicted octanol–water partition coefficient (Wildman–Crippen LogP) is 1.90. The lowest BCUT2D eigenvalue weighted by Gasteiger charge is -2.11. The number of ether oxygens (including phenoxy) is 2. The number of carboxylic acids is 1. The molecule has 100 valence electrons. The summed E-state index contributed by atoms with van der Waals surface area (Å²) in [5.74, 6) is 0.0902. The van der Waals surface area contributed by atoms with Crippen LogP contribution in [0.15, 0.2) is 24.5 Å². The van der Waals surface area contributed by atoms with E-state index < -0.39 is 5.97 Å². The molecule has 0 spiro atoms. The van der Waals surface area contributed by atoms with Gasteiger partial charge in [0.25, 0.3) is 0 Å². The van der Waals surface area contributed by atoms with Gasteiger partial charge in [-0.1, -0.05) is 0 Å². The van der Waals surface area contributed by atoms with Crippen LogP contribution in [0.1, 0.15) is 16.2 Å². The third-order valence-electron chi connectivity index (χ3n) is 2.80. The molecule has 1 N–H and O–H groups in total.